The summed E-state index contributed by atoms with van der Waals surface area (Å²) in [6, 6.07) is 9.77. The Morgan fingerprint density at radius 3 is 2.79 bits per heavy atom. The molecule has 0 fully saturated rings. The van der Waals surface area contributed by atoms with Gasteiger partial charge < -0.3 is 11.5 Å². The van der Waals surface area contributed by atoms with Crippen LogP contribution in [-0.2, 0) is 0 Å². The SMILES string of the molecule is NCC(N)c1ccnc2ccccc12. The summed E-state index contributed by atoms with van der Waals surface area (Å²) >= 11 is 0. The lowest BCUT2D eigenvalue weighted by Crippen LogP contribution is -2.21. The second-order valence-electron chi connectivity index (χ2n) is 3.26. The second-order valence-corrected chi connectivity index (χ2v) is 3.26. The van der Waals surface area contributed by atoms with Crippen molar-refractivity contribution in [3.05, 3.63) is 42.1 Å². The minimum Gasteiger partial charge on any atom is -0.329 e. The number of benzene rings is 1. The second kappa shape index (κ2) is 3.74. The van der Waals surface area contributed by atoms with Crippen LogP contribution in [0, 0.1) is 0 Å². The molecule has 0 saturated carbocycles. The molecule has 0 bridgehead atoms. The Kier molecular flexibility index (Phi) is 2.43. The summed E-state index contributed by atoms with van der Waals surface area (Å²) in [5.74, 6) is 0. The fourth-order valence-electron chi connectivity index (χ4n) is 1.57. The van der Waals surface area contributed by atoms with Crippen LogP contribution in [0.25, 0.3) is 10.9 Å². The van der Waals surface area contributed by atoms with E-state index in [9.17, 15) is 0 Å². The Balaban J connectivity index is 2.65. The molecule has 1 unspecified atom stereocenters. The number of rotatable bonds is 2. The van der Waals surface area contributed by atoms with Gasteiger partial charge in [0.25, 0.3) is 0 Å². The molecule has 14 heavy (non-hydrogen) atoms. The van der Waals surface area contributed by atoms with E-state index < -0.39 is 0 Å². The van der Waals surface area contributed by atoms with Gasteiger partial charge in [0.05, 0.1) is 5.52 Å². The van der Waals surface area contributed by atoms with Crippen LogP contribution in [0.5, 0.6) is 0 Å². The average Bonchev–Trinajstić information content (AvgIpc) is 2.27. The zero-order valence-corrected chi connectivity index (χ0v) is 7.85. The van der Waals surface area contributed by atoms with Crippen molar-refractivity contribution >= 4 is 10.9 Å². The minimum absolute atomic E-state index is 0.108. The van der Waals surface area contributed by atoms with E-state index in [2.05, 4.69) is 4.98 Å². The molecular formula is C11H13N3. The lowest BCUT2D eigenvalue weighted by Gasteiger charge is -2.11. The van der Waals surface area contributed by atoms with Crippen LogP contribution in [0.3, 0.4) is 0 Å². The number of pyridine rings is 1. The number of hydrogen-bond acceptors (Lipinski definition) is 3. The smallest absolute Gasteiger partial charge is 0.0705 e. The van der Waals surface area contributed by atoms with Crippen molar-refractivity contribution in [1.82, 2.24) is 4.98 Å². The van der Waals surface area contributed by atoms with Crippen LogP contribution in [0.1, 0.15) is 11.6 Å². The summed E-state index contributed by atoms with van der Waals surface area (Å²) in [4.78, 5) is 4.26. The molecule has 1 atom stereocenters. The summed E-state index contributed by atoms with van der Waals surface area (Å²) in [7, 11) is 0. The number of nitrogens with two attached hydrogens (primary N) is 2. The summed E-state index contributed by atoms with van der Waals surface area (Å²) in [6.45, 7) is 0.452. The van der Waals surface area contributed by atoms with Crippen molar-refractivity contribution < 1.29 is 0 Å². The summed E-state index contributed by atoms with van der Waals surface area (Å²) in [5.41, 5.74) is 13.5. The van der Waals surface area contributed by atoms with Crippen molar-refractivity contribution in [1.29, 1.82) is 0 Å². The maximum absolute atomic E-state index is 5.91. The van der Waals surface area contributed by atoms with Crippen molar-refractivity contribution in [2.24, 2.45) is 11.5 Å². The van der Waals surface area contributed by atoms with Crippen LogP contribution >= 0.6 is 0 Å². The fourth-order valence-corrected chi connectivity index (χ4v) is 1.57. The summed E-state index contributed by atoms with van der Waals surface area (Å²) in [5, 5.41) is 1.09. The Morgan fingerprint density at radius 1 is 1.21 bits per heavy atom. The molecule has 2 rings (SSSR count). The topological polar surface area (TPSA) is 64.9 Å². The molecule has 0 saturated heterocycles. The molecule has 1 aromatic heterocycles. The first kappa shape index (κ1) is 9.12. The van der Waals surface area contributed by atoms with Gasteiger partial charge in [-0.2, -0.15) is 0 Å². The van der Waals surface area contributed by atoms with E-state index in [1.165, 1.54) is 0 Å². The van der Waals surface area contributed by atoms with E-state index in [-0.39, 0.29) is 6.04 Å². The number of hydrogen-bond donors (Lipinski definition) is 2. The van der Waals surface area contributed by atoms with Gasteiger partial charge >= 0.3 is 0 Å². The number of para-hydroxylation sites is 1. The first-order chi connectivity index (χ1) is 6.83. The molecule has 0 aliphatic heterocycles. The predicted octanol–water partition coefficient (Wildman–Crippen LogP) is 1.19. The molecule has 0 spiro atoms. The number of aromatic nitrogens is 1. The quantitative estimate of drug-likeness (QED) is 0.742. The third-order valence-corrected chi connectivity index (χ3v) is 2.34. The summed E-state index contributed by atoms with van der Waals surface area (Å²) in [6.07, 6.45) is 1.77. The molecule has 3 heteroatoms. The largest absolute Gasteiger partial charge is 0.329 e. The molecule has 4 N–H and O–H groups in total. The molecule has 1 heterocycles. The first-order valence-electron chi connectivity index (χ1n) is 4.62. The van der Waals surface area contributed by atoms with Gasteiger partial charge in [0.2, 0.25) is 0 Å². The highest BCUT2D eigenvalue weighted by Gasteiger charge is 2.07. The highest BCUT2D eigenvalue weighted by atomic mass is 14.7. The Bertz CT molecular complexity index is 434. The third-order valence-electron chi connectivity index (χ3n) is 2.34. The molecule has 3 nitrogen and oxygen atoms in total. The van der Waals surface area contributed by atoms with Crippen molar-refractivity contribution in [2.75, 3.05) is 6.54 Å². The minimum atomic E-state index is -0.108. The van der Waals surface area contributed by atoms with Gasteiger partial charge in [-0.25, -0.2) is 0 Å². The highest BCUT2D eigenvalue weighted by Crippen LogP contribution is 2.20. The number of fused-ring (bicyclic) bond motifs is 1. The van der Waals surface area contributed by atoms with Gasteiger partial charge in [0, 0.05) is 24.2 Å². The lowest BCUT2D eigenvalue weighted by molar-refractivity contribution is 0.742. The molecular weight excluding hydrogens is 174 g/mol. The monoisotopic (exact) mass is 187 g/mol. The van der Waals surface area contributed by atoms with Gasteiger partial charge in [0.15, 0.2) is 0 Å². The van der Waals surface area contributed by atoms with E-state index in [4.69, 9.17) is 11.5 Å². The maximum Gasteiger partial charge on any atom is 0.0705 e. The van der Waals surface area contributed by atoms with Crippen LogP contribution in [0.2, 0.25) is 0 Å². The molecule has 0 amide bonds. The van der Waals surface area contributed by atoms with Gasteiger partial charge in [-0.1, -0.05) is 18.2 Å². The Labute approximate surface area is 82.7 Å². The predicted molar refractivity (Wildman–Crippen MR) is 57.7 cm³/mol. The molecule has 2 aromatic rings. The van der Waals surface area contributed by atoms with Crippen LogP contribution in [0.15, 0.2) is 36.5 Å². The van der Waals surface area contributed by atoms with Crippen molar-refractivity contribution in [3.8, 4) is 0 Å². The highest BCUT2D eigenvalue weighted by molar-refractivity contribution is 5.82. The van der Waals surface area contributed by atoms with Gasteiger partial charge in [-0.15, -0.1) is 0 Å². The molecule has 0 aliphatic carbocycles. The Hall–Kier alpha value is -1.45. The number of nitrogens with zero attached hydrogens (tertiary/aromatic N) is 1. The van der Waals surface area contributed by atoms with Crippen LogP contribution < -0.4 is 11.5 Å². The van der Waals surface area contributed by atoms with Crippen molar-refractivity contribution in [2.45, 2.75) is 6.04 Å². The molecule has 1 aromatic carbocycles. The summed E-state index contributed by atoms with van der Waals surface area (Å²) < 4.78 is 0. The van der Waals surface area contributed by atoms with Crippen LogP contribution in [0.4, 0.5) is 0 Å². The molecule has 72 valence electrons. The van der Waals surface area contributed by atoms with E-state index in [1.54, 1.807) is 6.20 Å². The van der Waals surface area contributed by atoms with E-state index >= 15 is 0 Å². The van der Waals surface area contributed by atoms with E-state index in [0.717, 1.165) is 16.5 Å². The van der Waals surface area contributed by atoms with Crippen molar-refractivity contribution in [3.63, 3.8) is 0 Å². The van der Waals surface area contributed by atoms with Gasteiger partial charge in [-0.3, -0.25) is 4.98 Å². The molecule has 0 radical (unpaired) electrons. The standard InChI is InChI=1S/C11H13N3/c12-7-10(13)8-5-6-14-11-4-2-1-3-9(8)11/h1-6,10H,7,12-13H2. The lowest BCUT2D eigenvalue weighted by atomic mass is 10.0. The first-order valence-corrected chi connectivity index (χ1v) is 4.62. The third kappa shape index (κ3) is 1.47. The van der Waals surface area contributed by atoms with Gasteiger partial charge in [-0.05, 0) is 17.7 Å². The Morgan fingerprint density at radius 2 is 2.00 bits per heavy atom. The maximum atomic E-state index is 5.91. The van der Waals surface area contributed by atoms with Gasteiger partial charge in [0.1, 0.15) is 0 Å². The fraction of sp³-hybridized carbons (Fsp3) is 0.182. The van der Waals surface area contributed by atoms with Crippen LogP contribution in [-0.4, -0.2) is 11.5 Å². The zero-order chi connectivity index (χ0) is 9.97. The normalized spacial score (nSPS) is 13.0. The van der Waals surface area contributed by atoms with E-state index in [0.29, 0.717) is 6.54 Å². The zero-order valence-electron chi connectivity index (χ0n) is 7.85. The molecule has 0 aliphatic rings. The van der Waals surface area contributed by atoms with E-state index in [1.807, 2.05) is 30.3 Å². The average molecular weight is 187 g/mol.